The second-order valence-corrected chi connectivity index (χ2v) is 5.63. The third-order valence-electron chi connectivity index (χ3n) is 1.66. The fraction of sp³-hybridized carbons (Fsp3) is 0.778. The molecule has 0 saturated heterocycles. The smallest absolute Gasteiger partial charge is 0.307 e. The summed E-state index contributed by atoms with van der Waals surface area (Å²) >= 11 is 0. The summed E-state index contributed by atoms with van der Waals surface area (Å²) in [6.45, 7) is 5.62. The Morgan fingerprint density at radius 2 is 1.80 bits per heavy atom. The molecular formula is C9H18NO4P. The Hall–Kier alpha value is -0.510. The molecule has 0 heterocycles. The molecule has 0 aliphatic rings. The molecule has 15 heavy (non-hydrogen) atoms. The van der Waals surface area contributed by atoms with Crippen LogP contribution in [0.5, 0.6) is 0 Å². The summed E-state index contributed by atoms with van der Waals surface area (Å²) in [7, 11) is -1.03. The van der Waals surface area contributed by atoms with Gasteiger partial charge < -0.3 is 9.05 Å². The molecule has 6 heteroatoms. The Balaban J connectivity index is 5.05. The molecule has 0 saturated carbocycles. The van der Waals surface area contributed by atoms with Gasteiger partial charge in [0.2, 0.25) is 0 Å². The summed E-state index contributed by atoms with van der Waals surface area (Å²) in [5.41, 5.74) is -0.110. The maximum absolute atomic E-state index is 11.9. The highest BCUT2D eigenvalue weighted by Gasteiger charge is 2.32. The molecule has 0 amide bonds. The van der Waals surface area contributed by atoms with Crippen molar-refractivity contribution in [1.29, 1.82) is 0 Å². The molecule has 0 radical (unpaired) electrons. The highest BCUT2D eigenvalue weighted by Crippen LogP contribution is 2.48. The monoisotopic (exact) mass is 235 g/mol. The van der Waals surface area contributed by atoms with Crippen molar-refractivity contribution >= 4 is 18.8 Å². The molecule has 88 valence electrons. The van der Waals surface area contributed by atoms with Gasteiger partial charge in [-0.05, 0) is 5.92 Å². The van der Waals surface area contributed by atoms with Crippen LogP contribution >= 0.6 is 7.60 Å². The summed E-state index contributed by atoms with van der Waals surface area (Å²) in [4.78, 5) is 15.2. The van der Waals surface area contributed by atoms with Gasteiger partial charge in [0.25, 0.3) is 0 Å². The standard InChI is InChI=1S/C9H18NO4P/c1-7(2)6-10-9(8(3)11)15(12,13-4)14-5/h7H,6H2,1-5H3. The minimum absolute atomic E-state index is 0.110. The first-order chi connectivity index (χ1) is 6.87. The van der Waals surface area contributed by atoms with E-state index in [2.05, 4.69) is 4.99 Å². The summed E-state index contributed by atoms with van der Waals surface area (Å²) < 4.78 is 21.4. The van der Waals surface area contributed by atoms with Crippen molar-refractivity contribution in [1.82, 2.24) is 0 Å². The molecular weight excluding hydrogens is 217 g/mol. The first-order valence-corrected chi connectivity index (χ1v) is 6.19. The predicted molar refractivity (Wildman–Crippen MR) is 59.4 cm³/mol. The Kier molecular flexibility index (Phi) is 5.95. The number of aliphatic imine (C=N–C) groups is 1. The van der Waals surface area contributed by atoms with E-state index in [4.69, 9.17) is 9.05 Å². The van der Waals surface area contributed by atoms with Crippen molar-refractivity contribution in [3.8, 4) is 0 Å². The lowest BCUT2D eigenvalue weighted by atomic mass is 10.2. The molecule has 0 spiro atoms. The van der Waals surface area contributed by atoms with E-state index in [9.17, 15) is 9.36 Å². The Labute approximate surface area is 90.4 Å². The number of nitrogens with zero attached hydrogens (tertiary/aromatic N) is 1. The van der Waals surface area contributed by atoms with Crippen LogP contribution in [0.2, 0.25) is 0 Å². The Morgan fingerprint density at radius 3 is 2.07 bits per heavy atom. The molecule has 0 aromatic rings. The lowest BCUT2D eigenvalue weighted by Crippen LogP contribution is -2.14. The van der Waals surface area contributed by atoms with Crippen LogP contribution < -0.4 is 0 Å². The normalized spacial score (nSPS) is 13.3. The topological polar surface area (TPSA) is 65.0 Å². The van der Waals surface area contributed by atoms with Crippen LogP contribution in [0.4, 0.5) is 0 Å². The molecule has 0 fully saturated rings. The first-order valence-electron chi connectivity index (χ1n) is 4.64. The third kappa shape index (κ3) is 4.24. The van der Waals surface area contributed by atoms with E-state index in [1.807, 2.05) is 13.8 Å². The van der Waals surface area contributed by atoms with Gasteiger partial charge in [-0.1, -0.05) is 13.8 Å². The quantitative estimate of drug-likeness (QED) is 0.522. The zero-order valence-electron chi connectivity index (χ0n) is 9.81. The van der Waals surface area contributed by atoms with Crippen LogP contribution in [0.1, 0.15) is 20.8 Å². The van der Waals surface area contributed by atoms with Crippen LogP contribution in [0.25, 0.3) is 0 Å². The van der Waals surface area contributed by atoms with E-state index in [0.29, 0.717) is 6.54 Å². The number of hydrogen-bond acceptors (Lipinski definition) is 5. The van der Waals surface area contributed by atoms with E-state index >= 15 is 0 Å². The van der Waals surface area contributed by atoms with Crippen molar-refractivity contribution in [2.24, 2.45) is 10.9 Å². The van der Waals surface area contributed by atoms with Gasteiger partial charge in [0.15, 0.2) is 11.2 Å². The summed E-state index contributed by atoms with van der Waals surface area (Å²) in [5, 5.41) is 0. The van der Waals surface area contributed by atoms with Crippen molar-refractivity contribution in [3.05, 3.63) is 0 Å². The second-order valence-electron chi connectivity index (χ2n) is 3.48. The molecule has 0 aromatic carbocycles. The minimum Gasteiger partial charge on any atom is -0.307 e. The maximum atomic E-state index is 11.9. The average Bonchev–Trinajstić information content (AvgIpc) is 2.16. The zero-order chi connectivity index (χ0) is 12.1. The Bertz CT molecular complexity index is 290. The van der Waals surface area contributed by atoms with Gasteiger partial charge in [-0.25, -0.2) is 0 Å². The fourth-order valence-corrected chi connectivity index (χ4v) is 2.04. The predicted octanol–water partition coefficient (Wildman–Crippen LogP) is 2.12. The summed E-state index contributed by atoms with van der Waals surface area (Å²) in [5.74, 6) is -0.107. The lowest BCUT2D eigenvalue weighted by molar-refractivity contribution is -0.110. The van der Waals surface area contributed by atoms with Crippen molar-refractivity contribution < 1.29 is 18.4 Å². The number of rotatable bonds is 6. The first kappa shape index (κ1) is 14.5. The molecule has 0 aliphatic carbocycles. The minimum atomic E-state index is -3.50. The number of hydrogen-bond donors (Lipinski definition) is 0. The van der Waals surface area contributed by atoms with Crippen molar-refractivity contribution in [2.45, 2.75) is 20.8 Å². The van der Waals surface area contributed by atoms with Crippen LogP contribution in [0.3, 0.4) is 0 Å². The summed E-state index contributed by atoms with van der Waals surface area (Å²) in [6, 6.07) is 0. The van der Waals surface area contributed by atoms with Crippen LogP contribution in [0.15, 0.2) is 4.99 Å². The van der Waals surface area contributed by atoms with Gasteiger partial charge in [-0.2, -0.15) is 0 Å². The van der Waals surface area contributed by atoms with E-state index in [1.165, 1.54) is 21.1 Å². The number of carbonyl (C=O) groups is 1. The molecule has 0 bridgehead atoms. The third-order valence-corrected chi connectivity index (χ3v) is 3.60. The van der Waals surface area contributed by atoms with Gasteiger partial charge in [-0.15, -0.1) is 0 Å². The van der Waals surface area contributed by atoms with Gasteiger partial charge in [-0.3, -0.25) is 14.4 Å². The zero-order valence-corrected chi connectivity index (χ0v) is 10.7. The van der Waals surface area contributed by atoms with Gasteiger partial charge >= 0.3 is 7.60 Å². The SMILES string of the molecule is COP(=O)(OC)C(=NCC(C)C)C(C)=O. The van der Waals surface area contributed by atoms with Crippen LogP contribution in [-0.4, -0.2) is 32.0 Å². The molecule has 0 aromatic heterocycles. The van der Waals surface area contributed by atoms with E-state index in [-0.39, 0.29) is 17.2 Å². The molecule has 0 aliphatic heterocycles. The molecule has 0 rings (SSSR count). The number of carbonyl (C=O) groups excluding carboxylic acids is 1. The van der Waals surface area contributed by atoms with Crippen LogP contribution in [0, 0.1) is 5.92 Å². The molecule has 5 nitrogen and oxygen atoms in total. The lowest BCUT2D eigenvalue weighted by Gasteiger charge is -2.14. The average molecular weight is 235 g/mol. The Morgan fingerprint density at radius 1 is 1.33 bits per heavy atom. The van der Waals surface area contributed by atoms with Crippen molar-refractivity contribution in [2.75, 3.05) is 20.8 Å². The van der Waals surface area contributed by atoms with E-state index < -0.39 is 7.60 Å². The highest BCUT2D eigenvalue weighted by atomic mass is 31.2. The number of ketones is 1. The second kappa shape index (κ2) is 6.16. The molecule has 0 N–H and O–H groups in total. The van der Waals surface area contributed by atoms with Gasteiger partial charge in [0, 0.05) is 27.7 Å². The largest absolute Gasteiger partial charge is 0.382 e. The number of Topliss-reactive ketones (excluding diaryl/α,β-unsaturated/α-hetero) is 1. The van der Waals surface area contributed by atoms with Crippen LogP contribution in [-0.2, 0) is 18.4 Å². The fourth-order valence-electron chi connectivity index (χ4n) is 0.907. The highest BCUT2D eigenvalue weighted by molar-refractivity contribution is 7.75. The van der Waals surface area contributed by atoms with E-state index in [0.717, 1.165) is 0 Å². The van der Waals surface area contributed by atoms with Gasteiger partial charge in [0.1, 0.15) is 0 Å². The van der Waals surface area contributed by atoms with Crippen molar-refractivity contribution in [3.63, 3.8) is 0 Å². The summed E-state index contributed by atoms with van der Waals surface area (Å²) in [6.07, 6.45) is 0. The maximum Gasteiger partial charge on any atom is 0.382 e. The molecule has 0 unspecified atom stereocenters. The molecule has 0 atom stereocenters. The van der Waals surface area contributed by atoms with E-state index in [1.54, 1.807) is 0 Å². The van der Waals surface area contributed by atoms with Gasteiger partial charge in [0.05, 0.1) is 0 Å².